The van der Waals surface area contributed by atoms with Crippen molar-refractivity contribution in [3.05, 3.63) is 63.6 Å². The Kier molecular flexibility index (Phi) is 5.70. The van der Waals surface area contributed by atoms with Crippen LogP contribution >= 0.6 is 11.8 Å². The van der Waals surface area contributed by atoms with E-state index in [1.807, 2.05) is 0 Å². The molecule has 2 N–H and O–H groups in total. The van der Waals surface area contributed by atoms with Crippen LogP contribution in [0.1, 0.15) is 22.3 Å². The van der Waals surface area contributed by atoms with Gasteiger partial charge in [-0.2, -0.15) is 26.3 Å². The fourth-order valence-electron chi connectivity index (χ4n) is 2.77. The molecule has 1 saturated heterocycles. The Morgan fingerprint density at radius 3 is 2.16 bits per heavy atom. The number of benzene rings is 2. The molecule has 1 heterocycles. The summed E-state index contributed by atoms with van der Waals surface area (Å²) in [5.74, 6) is -1.95. The van der Waals surface area contributed by atoms with Gasteiger partial charge in [0.15, 0.2) is 11.5 Å². The van der Waals surface area contributed by atoms with E-state index in [1.165, 1.54) is 6.07 Å². The lowest BCUT2D eigenvalue weighted by molar-refractivity contribution is -0.142. The van der Waals surface area contributed by atoms with E-state index < -0.39 is 58.2 Å². The van der Waals surface area contributed by atoms with E-state index in [0.717, 1.165) is 18.2 Å². The molecule has 0 radical (unpaired) electrons. The molecule has 31 heavy (non-hydrogen) atoms. The van der Waals surface area contributed by atoms with Gasteiger partial charge in [-0.3, -0.25) is 14.5 Å². The maximum Gasteiger partial charge on any atom is 0.416 e. The summed E-state index contributed by atoms with van der Waals surface area (Å²) in [5.41, 5.74) is -3.42. The molecule has 2 aromatic rings. The minimum absolute atomic E-state index is 0.204. The van der Waals surface area contributed by atoms with E-state index in [9.17, 15) is 46.1 Å². The molecule has 0 aliphatic carbocycles. The third kappa shape index (κ3) is 4.79. The molecule has 0 atom stereocenters. The normalized spacial score (nSPS) is 16.5. The number of phenols is 2. The second kappa shape index (κ2) is 7.84. The number of rotatable bonds is 3. The van der Waals surface area contributed by atoms with Crippen LogP contribution in [0.5, 0.6) is 11.5 Å². The highest BCUT2D eigenvalue weighted by Gasteiger charge is 2.40. The van der Waals surface area contributed by atoms with E-state index in [4.69, 9.17) is 0 Å². The number of phenolic OH excluding ortho intramolecular Hbond substituents is 2. The van der Waals surface area contributed by atoms with Gasteiger partial charge in [0.2, 0.25) is 0 Å². The van der Waals surface area contributed by atoms with Gasteiger partial charge in [0.05, 0.1) is 22.6 Å². The number of halogens is 6. The molecule has 0 aromatic heterocycles. The van der Waals surface area contributed by atoms with Crippen LogP contribution in [0.25, 0.3) is 6.08 Å². The summed E-state index contributed by atoms with van der Waals surface area (Å²) in [6, 6.07) is 4.29. The van der Waals surface area contributed by atoms with E-state index in [2.05, 4.69) is 0 Å². The van der Waals surface area contributed by atoms with Crippen LogP contribution in [0.4, 0.5) is 31.1 Å². The largest absolute Gasteiger partial charge is 0.504 e. The quantitative estimate of drug-likeness (QED) is 0.364. The van der Waals surface area contributed by atoms with Crippen molar-refractivity contribution in [3.8, 4) is 11.5 Å². The molecule has 0 unspecified atom stereocenters. The molecular formula is C19H11F6NO4S. The number of imide groups is 1. The number of nitrogens with zero attached hydrogens (tertiary/aromatic N) is 1. The first-order valence-electron chi connectivity index (χ1n) is 8.32. The number of carbonyl (C=O) groups excluding carboxylic acids is 2. The predicted octanol–water partition coefficient (Wildman–Crippen LogP) is 5.37. The summed E-state index contributed by atoms with van der Waals surface area (Å²) in [4.78, 5) is 24.9. The molecule has 12 heteroatoms. The number of thioether (sulfide) groups is 1. The first kappa shape index (κ1) is 22.5. The van der Waals surface area contributed by atoms with Crippen LogP contribution in [0.3, 0.4) is 0 Å². The summed E-state index contributed by atoms with van der Waals surface area (Å²) in [5, 5.41) is 17.8. The molecule has 0 bridgehead atoms. The summed E-state index contributed by atoms with van der Waals surface area (Å²) >= 11 is 0.380. The molecule has 164 valence electrons. The number of hydrogen-bond donors (Lipinski definition) is 2. The lowest BCUT2D eigenvalue weighted by Crippen LogP contribution is -2.29. The third-order valence-electron chi connectivity index (χ3n) is 4.24. The lowest BCUT2D eigenvalue weighted by Gasteiger charge is -2.19. The molecule has 1 fully saturated rings. The minimum Gasteiger partial charge on any atom is -0.504 e. The monoisotopic (exact) mass is 463 g/mol. The first-order valence-corrected chi connectivity index (χ1v) is 9.13. The summed E-state index contributed by atoms with van der Waals surface area (Å²) in [6.07, 6.45) is -8.76. The zero-order valence-electron chi connectivity index (χ0n) is 15.1. The summed E-state index contributed by atoms with van der Waals surface area (Å²) < 4.78 is 78.6. The molecule has 2 amide bonds. The van der Waals surface area contributed by atoms with Gasteiger partial charge < -0.3 is 10.2 Å². The van der Waals surface area contributed by atoms with E-state index in [0.29, 0.717) is 16.7 Å². The summed E-state index contributed by atoms with van der Waals surface area (Å²) in [6.45, 7) is -1.01. The van der Waals surface area contributed by atoms with Gasteiger partial charge in [0.25, 0.3) is 11.1 Å². The van der Waals surface area contributed by atoms with Crippen molar-refractivity contribution in [1.82, 2.24) is 4.90 Å². The van der Waals surface area contributed by atoms with E-state index in [1.54, 1.807) is 0 Å². The average Bonchev–Trinajstić information content (AvgIpc) is 2.90. The molecule has 1 aliphatic rings. The Labute approximate surface area is 174 Å². The first-order chi connectivity index (χ1) is 14.3. The van der Waals surface area contributed by atoms with Gasteiger partial charge in [-0.25, -0.2) is 0 Å². The zero-order chi connectivity index (χ0) is 23.1. The van der Waals surface area contributed by atoms with Crippen molar-refractivity contribution in [2.45, 2.75) is 18.9 Å². The topological polar surface area (TPSA) is 77.8 Å². The van der Waals surface area contributed by atoms with Gasteiger partial charge in [0.1, 0.15) is 0 Å². The number of hydrogen-bond acceptors (Lipinski definition) is 5. The second-order valence-corrected chi connectivity index (χ2v) is 7.38. The zero-order valence-corrected chi connectivity index (χ0v) is 15.9. The van der Waals surface area contributed by atoms with Crippen LogP contribution in [-0.4, -0.2) is 26.3 Å². The van der Waals surface area contributed by atoms with Gasteiger partial charge in [-0.05, 0) is 59.3 Å². The molecule has 0 spiro atoms. The Morgan fingerprint density at radius 2 is 1.58 bits per heavy atom. The number of amides is 2. The molecule has 3 rings (SSSR count). The lowest BCUT2D eigenvalue weighted by atomic mass is 10.0. The molecule has 0 saturated carbocycles. The van der Waals surface area contributed by atoms with Crippen LogP contribution in [-0.2, 0) is 23.7 Å². The Balaban J connectivity index is 1.95. The Hall–Kier alpha value is -3.15. The van der Waals surface area contributed by atoms with Crippen molar-refractivity contribution < 1.29 is 46.1 Å². The highest BCUT2D eigenvalue weighted by Crippen LogP contribution is 2.39. The molecule has 2 aromatic carbocycles. The van der Waals surface area contributed by atoms with Gasteiger partial charge in [-0.1, -0.05) is 6.07 Å². The summed E-state index contributed by atoms with van der Waals surface area (Å²) in [7, 11) is 0. The number of alkyl halides is 6. The van der Waals surface area contributed by atoms with Crippen molar-refractivity contribution in [1.29, 1.82) is 0 Å². The second-order valence-electron chi connectivity index (χ2n) is 6.38. The Morgan fingerprint density at radius 1 is 0.903 bits per heavy atom. The number of aromatic hydroxyl groups is 2. The number of carbonyl (C=O) groups is 2. The van der Waals surface area contributed by atoms with Crippen molar-refractivity contribution in [2.24, 2.45) is 0 Å². The highest BCUT2D eigenvalue weighted by atomic mass is 32.2. The van der Waals surface area contributed by atoms with Crippen LogP contribution in [0.2, 0.25) is 0 Å². The maximum atomic E-state index is 13.2. The van der Waals surface area contributed by atoms with E-state index in [-0.39, 0.29) is 28.7 Å². The maximum absolute atomic E-state index is 13.2. The van der Waals surface area contributed by atoms with Crippen molar-refractivity contribution >= 4 is 29.0 Å². The SMILES string of the molecule is O=C1S/C(=C\c2ccc(O)c(O)c2)C(=O)N1Cc1cc(C(F)(F)F)ccc1C(F)(F)F. The average molecular weight is 463 g/mol. The van der Waals surface area contributed by atoms with Crippen molar-refractivity contribution in [3.63, 3.8) is 0 Å². The fourth-order valence-corrected chi connectivity index (χ4v) is 3.60. The predicted molar refractivity (Wildman–Crippen MR) is 97.7 cm³/mol. The fraction of sp³-hybridized carbons (Fsp3) is 0.158. The van der Waals surface area contributed by atoms with E-state index >= 15 is 0 Å². The molecule has 1 aliphatic heterocycles. The standard InChI is InChI=1S/C19H11F6NO4S/c20-18(21,22)11-2-3-12(19(23,24)25)10(7-11)8-26-16(29)15(31-17(26)30)6-9-1-4-13(27)14(28)5-9/h1-7,27-28H,8H2/b15-6-. The molecule has 5 nitrogen and oxygen atoms in total. The minimum atomic E-state index is -5.00. The van der Waals surface area contributed by atoms with Gasteiger partial charge in [-0.15, -0.1) is 0 Å². The van der Waals surface area contributed by atoms with Crippen molar-refractivity contribution in [2.75, 3.05) is 0 Å². The Bertz CT molecular complexity index is 1090. The van der Waals surface area contributed by atoms with Gasteiger partial charge >= 0.3 is 12.4 Å². The highest BCUT2D eigenvalue weighted by molar-refractivity contribution is 8.18. The smallest absolute Gasteiger partial charge is 0.416 e. The molecular weight excluding hydrogens is 452 g/mol. The third-order valence-corrected chi connectivity index (χ3v) is 5.14. The van der Waals surface area contributed by atoms with Crippen LogP contribution in [0, 0.1) is 0 Å². The van der Waals surface area contributed by atoms with Crippen LogP contribution in [0.15, 0.2) is 41.3 Å². The van der Waals surface area contributed by atoms with Crippen LogP contribution < -0.4 is 0 Å². The van der Waals surface area contributed by atoms with Gasteiger partial charge in [0, 0.05) is 0 Å².